The first-order chi connectivity index (χ1) is 14.8. The van der Waals surface area contributed by atoms with Gasteiger partial charge in [0, 0.05) is 6.54 Å². The minimum atomic E-state index is -4.09. The van der Waals surface area contributed by atoms with Gasteiger partial charge in [-0.1, -0.05) is 77.9 Å². The number of sulfone groups is 1. The van der Waals surface area contributed by atoms with E-state index in [0.29, 0.717) is 5.56 Å². The van der Waals surface area contributed by atoms with Gasteiger partial charge in [-0.25, -0.2) is 8.42 Å². The summed E-state index contributed by atoms with van der Waals surface area (Å²) in [6.07, 6.45) is 0. The first kappa shape index (κ1) is 20.9. The molecule has 1 aliphatic rings. The molecule has 0 saturated carbocycles. The third-order valence-corrected chi connectivity index (χ3v) is 7.35. The van der Waals surface area contributed by atoms with E-state index < -0.39 is 27.5 Å². The molecule has 3 aromatic carbocycles. The molecule has 0 aliphatic carbocycles. The van der Waals surface area contributed by atoms with E-state index in [1.165, 1.54) is 17.0 Å². The Morgan fingerprint density at radius 2 is 1.39 bits per heavy atom. The largest absolute Gasteiger partial charge is 0.502 e. The van der Waals surface area contributed by atoms with Gasteiger partial charge in [0.2, 0.25) is 9.84 Å². The second-order valence-corrected chi connectivity index (χ2v) is 9.68. The lowest BCUT2D eigenvalue weighted by molar-refractivity contribution is -0.130. The van der Waals surface area contributed by atoms with Crippen LogP contribution in [0.5, 0.6) is 0 Å². The van der Waals surface area contributed by atoms with E-state index in [4.69, 9.17) is 0 Å². The summed E-state index contributed by atoms with van der Waals surface area (Å²) in [6.45, 7) is 4.08. The Balaban J connectivity index is 1.85. The number of carbonyl (C=O) groups excluding carboxylic acids is 1. The van der Waals surface area contributed by atoms with Crippen molar-refractivity contribution >= 4 is 15.7 Å². The smallest absolute Gasteiger partial charge is 0.290 e. The van der Waals surface area contributed by atoms with Gasteiger partial charge in [-0.15, -0.1) is 0 Å². The number of aliphatic hydroxyl groups excluding tert-OH is 1. The van der Waals surface area contributed by atoms with Gasteiger partial charge < -0.3 is 10.0 Å². The fraction of sp³-hybridized carbons (Fsp3) is 0.160. The normalized spacial score (nSPS) is 16.8. The molecule has 0 aromatic heterocycles. The van der Waals surface area contributed by atoms with Crippen LogP contribution in [0.4, 0.5) is 0 Å². The molecular formula is C25H23NO4S. The number of rotatable bonds is 5. The molecule has 0 radical (unpaired) electrons. The van der Waals surface area contributed by atoms with Gasteiger partial charge in [-0.05, 0) is 37.1 Å². The zero-order chi connectivity index (χ0) is 22.2. The quantitative estimate of drug-likeness (QED) is 0.637. The van der Waals surface area contributed by atoms with Crippen LogP contribution in [-0.2, 0) is 21.2 Å². The number of nitrogens with zero attached hydrogens (tertiary/aromatic N) is 1. The van der Waals surface area contributed by atoms with Crippen molar-refractivity contribution in [3.63, 3.8) is 0 Å². The summed E-state index contributed by atoms with van der Waals surface area (Å²) >= 11 is 0. The van der Waals surface area contributed by atoms with Gasteiger partial charge >= 0.3 is 0 Å². The van der Waals surface area contributed by atoms with E-state index >= 15 is 0 Å². The number of aliphatic hydroxyl groups is 1. The number of carbonyl (C=O) groups is 1. The van der Waals surface area contributed by atoms with Crippen molar-refractivity contribution in [2.24, 2.45) is 0 Å². The lowest BCUT2D eigenvalue weighted by atomic mass is 10.0. The van der Waals surface area contributed by atoms with Crippen molar-refractivity contribution in [1.29, 1.82) is 0 Å². The Morgan fingerprint density at radius 1 is 0.839 bits per heavy atom. The van der Waals surface area contributed by atoms with Crippen molar-refractivity contribution in [3.8, 4) is 0 Å². The molecule has 1 heterocycles. The third-order valence-electron chi connectivity index (χ3n) is 5.47. The molecular weight excluding hydrogens is 410 g/mol. The Labute approximate surface area is 182 Å². The predicted octanol–water partition coefficient (Wildman–Crippen LogP) is 4.63. The molecule has 0 saturated heterocycles. The highest BCUT2D eigenvalue weighted by atomic mass is 32.2. The molecule has 158 valence electrons. The maximum Gasteiger partial charge on any atom is 0.290 e. The zero-order valence-electron chi connectivity index (χ0n) is 17.3. The summed E-state index contributed by atoms with van der Waals surface area (Å²) in [5, 5.41) is 10.7. The van der Waals surface area contributed by atoms with Crippen molar-refractivity contribution in [2.45, 2.75) is 31.3 Å². The second-order valence-electron chi connectivity index (χ2n) is 7.76. The molecule has 1 atom stereocenters. The maximum absolute atomic E-state index is 13.5. The third kappa shape index (κ3) is 3.86. The van der Waals surface area contributed by atoms with E-state index in [0.717, 1.165) is 16.7 Å². The second kappa shape index (κ2) is 8.04. The van der Waals surface area contributed by atoms with E-state index in [9.17, 15) is 18.3 Å². The molecule has 0 fully saturated rings. The number of hydrogen-bond donors (Lipinski definition) is 1. The van der Waals surface area contributed by atoms with Gasteiger partial charge in [0.1, 0.15) is 4.91 Å². The Hall–Kier alpha value is -3.38. The number of amides is 1. The van der Waals surface area contributed by atoms with E-state index in [1.54, 1.807) is 30.3 Å². The maximum atomic E-state index is 13.5. The van der Waals surface area contributed by atoms with Crippen LogP contribution in [0.1, 0.15) is 28.3 Å². The summed E-state index contributed by atoms with van der Waals surface area (Å²) in [7, 11) is -4.09. The lowest BCUT2D eigenvalue weighted by Gasteiger charge is -2.27. The first-order valence-electron chi connectivity index (χ1n) is 9.95. The van der Waals surface area contributed by atoms with Crippen LogP contribution < -0.4 is 0 Å². The highest BCUT2D eigenvalue weighted by Gasteiger charge is 2.46. The minimum Gasteiger partial charge on any atom is -0.502 e. The highest BCUT2D eigenvalue weighted by molar-refractivity contribution is 7.95. The average Bonchev–Trinajstić information content (AvgIpc) is 3.02. The molecule has 0 spiro atoms. The Kier molecular flexibility index (Phi) is 5.41. The van der Waals surface area contributed by atoms with Crippen LogP contribution in [0.15, 0.2) is 94.4 Å². The predicted molar refractivity (Wildman–Crippen MR) is 119 cm³/mol. The summed E-state index contributed by atoms with van der Waals surface area (Å²) in [5.41, 5.74) is 3.57. The van der Waals surface area contributed by atoms with Crippen LogP contribution in [0, 0.1) is 13.8 Å². The molecule has 0 bridgehead atoms. The van der Waals surface area contributed by atoms with Gasteiger partial charge in [0.25, 0.3) is 5.91 Å². The number of benzene rings is 3. The molecule has 1 amide bonds. The standard InChI is InChI=1S/C25H23NO4S/c1-17-8-12-19(13-9-17)16-26-22(20-14-10-18(2)11-15-20)24(23(27)25(26)28)31(29,30)21-6-4-3-5-7-21/h3-15,22,27H,16H2,1-2H3/t22-/m1/s1. The summed E-state index contributed by atoms with van der Waals surface area (Å²) in [5.74, 6) is -1.41. The van der Waals surface area contributed by atoms with E-state index in [1.807, 2.05) is 50.2 Å². The summed E-state index contributed by atoms with van der Waals surface area (Å²) < 4.78 is 27.0. The molecule has 0 unspecified atom stereocenters. The zero-order valence-corrected chi connectivity index (χ0v) is 18.1. The highest BCUT2D eigenvalue weighted by Crippen LogP contribution is 2.43. The SMILES string of the molecule is Cc1ccc(CN2C(=O)C(O)=C(S(=O)(=O)c3ccccc3)[C@H]2c2ccc(C)cc2)cc1. The minimum absolute atomic E-state index is 0.0404. The first-order valence-corrected chi connectivity index (χ1v) is 11.4. The fourth-order valence-corrected chi connectivity index (χ4v) is 5.43. The average molecular weight is 434 g/mol. The molecule has 5 nitrogen and oxygen atoms in total. The van der Waals surface area contributed by atoms with Crippen LogP contribution in [0.2, 0.25) is 0 Å². The van der Waals surface area contributed by atoms with E-state index in [2.05, 4.69) is 0 Å². The molecule has 4 rings (SSSR count). The Morgan fingerprint density at radius 3 is 1.97 bits per heavy atom. The summed E-state index contributed by atoms with van der Waals surface area (Å²) in [6, 6.07) is 22.0. The van der Waals surface area contributed by atoms with Crippen molar-refractivity contribution in [1.82, 2.24) is 4.90 Å². The molecule has 31 heavy (non-hydrogen) atoms. The van der Waals surface area contributed by atoms with Gasteiger partial charge in [-0.3, -0.25) is 4.79 Å². The Bertz CT molecular complexity index is 1250. The van der Waals surface area contributed by atoms with Gasteiger partial charge in [0.05, 0.1) is 10.9 Å². The number of hydrogen-bond acceptors (Lipinski definition) is 4. The topological polar surface area (TPSA) is 74.7 Å². The van der Waals surface area contributed by atoms with Gasteiger partial charge in [-0.2, -0.15) is 0 Å². The molecule has 1 N–H and O–H groups in total. The van der Waals surface area contributed by atoms with Crippen molar-refractivity contribution in [2.75, 3.05) is 0 Å². The number of aryl methyl sites for hydroxylation is 2. The van der Waals surface area contributed by atoms with Crippen LogP contribution >= 0.6 is 0 Å². The monoisotopic (exact) mass is 433 g/mol. The van der Waals surface area contributed by atoms with Crippen molar-refractivity contribution < 1.29 is 18.3 Å². The van der Waals surface area contributed by atoms with Crippen molar-refractivity contribution in [3.05, 3.63) is 112 Å². The fourth-order valence-electron chi connectivity index (χ4n) is 3.76. The molecule has 6 heteroatoms. The summed E-state index contributed by atoms with van der Waals surface area (Å²) in [4.78, 5) is 14.2. The van der Waals surface area contributed by atoms with E-state index in [-0.39, 0.29) is 16.3 Å². The lowest BCUT2D eigenvalue weighted by Crippen LogP contribution is -2.30. The van der Waals surface area contributed by atoms with Crippen LogP contribution in [-0.4, -0.2) is 24.3 Å². The molecule has 1 aliphatic heterocycles. The van der Waals surface area contributed by atoms with Crippen LogP contribution in [0.25, 0.3) is 0 Å². The van der Waals surface area contributed by atoms with Crippen LogP contribution in [0.3, 0.4) is 0 Å². The molecule has 3 aromatic rings. The van der Waals surface area contributed by atoms with Gasteiger partial charge in [0.15, 0.2) is 5.76 Å².